The summed E-state index contributed by atoms with van der Waals surface area (Å²) in [5.74, 6) is 1.17. The molecule has 11 nitrogen and oxygen atoms in total. The minimum absolute atomic E-state index is 0.0603. The van der Waals surface area contributed by atoms with Gasteiger partial charge in [0.1, 0.15) is 17.1 Å². The van der Waals surface area contributed by atoms with Crippen LogP contribution in [0.3, 0.4) is 0 Å². The van der Waals surface area contributed by atoms with Gasteiger partial charge in [-0.2, -0.15) is 4.98 Å². The van der Waals surface area contributed by atoms with Crippen molar-refractivity contribution in [3.05, 3.63) is 52.4 Å². The third-order valence-electron chi connectivity index (χ3n) is 6.98. The number of amides is 1. The standard InChI is InChI=1S/C27H31ClN6O5/c1-4-23(35)30-18-13-33(14-18)6-7-34-25-16(12-29-27(32-25)31-17-5-8-39-15-17)9-21(26(34)36)20-10-19(37-2)11-22(38-3)24(20)28/h4,9-12,17-18H,1,5-8,13-15H2,2-3H3,(H,30,35)(H,29,31,32). The van der Waals surface area contributed by atoms with Gasteiger partial charge in [-0.05, 0) is 24.6 Å². The van der Waals surface area contributed by atoms with Gasteiger partial charge in [0.25, 0.3) is 5.56 Å². The number of hydrogen-bond donors (Lipinski definition) is 2. The lowest BCUT2D eigenvalue weighted by atomic mass is 10.0. The summed E-state index contributed by atoms with van der Waals surface area (Å²) in [7, 11) is 3.05. The summed E-state index contributed by atoms with van der Waals surface area (Å²) in [6.45, 7) is 7.12. The summed E-state index contributed by atoms with van der Waals surface area (Å²) in [5, 5.41) is 7.20. The third kappa shape index (κ3) is 5.70. The second kappa shape index (κ2) is 11.6. The molecule has 12 heteroatoms. The summed E-state index contributed by atoms with van der Waals surface area (Å²) in [5.41, 5.74) is 1.15. The maximum Gasteiger partial charge on any atom is 0.260 e. The molecule has 0 aliphatic carbocycles. The molecule has 206 valence electrons. The van der Waals surface area contributed by atoms with Crippen molar-refractivity contribution in [1.82, 2.24) is 24.8 Å². The van der Waals surface area contributed by atoms with E-state index in [0.29, 0.717) is 84.0 Å². The molecule has 5 rings (SSSR count). The van der Waals surface area contributed by atoms with Crippen LogP contribution in [0.15, 0.2) is 41.8 Å². The van der Waals surface area contributed by atoms with E-state index in [1.54, 1.807) is 36.1 Å². The number of anilines is 1. The maximum atomic E-state index is 14.0. The van der Waals surface area contributed by atoms with Crippen LogP contribution >= 0.6 is 11.6 Å². The first-order valence-corrected chi connectivity index (χ1v) is 13.1. The first-order chi connectivity index (χ1) is 18.9. The molecule has 1 amide bonds. The molecule has 4 heterocycles. The van der Waals surface area contributed by atoms with Crippen molar-refractivity contribution < 1.29 is 19.0 Å². The Morgan fingerprint density at radius 3 is 2.72 bits per heavy atom. The van der Waals surface area contributed by atoms with Crippen LogP contribution in [0.1, 0.15) is 6.42 Å². The van der Waals surface area contributed by atoms with Gasteiger partial charge in [0.15, 0.2) is 0 Å². The van der Waals surface area contributed by atoms with E-state index in [1.165, 1.54) is 13.2 Å². The highest BCUT2D eigenvalue weighted by atomic mass is 35.5. The number of fused-ring (bicyclic) bond motifs is 1. The molecule has 1 aromatic carbocycles. The number of pyridine rings is 1. The molecule has 2 fully saturated rings. The number of benzene rings is 1. The molecule has 0 radical (unpaired) electrons. The van der Waals surface area contributed by atoms with E-state index in [9.17, 15) is 9.59 Å². The number of ether oxygens (including phenoxy) is 3. The zero-order chi connectivity index (χ0) is 27.5. The highest BCUT2D eigenvalue weighted by Crippen LogP contribution is 2.38. The molecule has 2 N–H and O–H groups in total. The van der Waals surface area contributed by atoms with Crippen LogP contribution in [-0.2, 0) is 16.1 Å². The van der Waals surface area contributed by atoms with Crippen LogP contribution in [0.25, 0.3) is 22.2 Å². The van der Waals surface area contributed by atoms with E-state index in [1.807, 2.05) is 0 Å². The molecule has 0 saturated carbocycles. The van der Waals surface area contributed by atoms with Crippen LogP contribution < -0.4 is 25.7 Å². The van der Waals surface area contributed by atoms with E-state index in [-0.39, 0.29) is 23.6 Å². The smallest absolute Gasteiger partial charge is 0.260 e. The van der Waals surface area contributed by atoms with Crippen molar-refractivity contribution in [2.45, 2.75) is 25.0 Å². The molecule has 2 aliphatic heterocycles. The Hall–Kier alpha value is -3.67. The lowest BCUT2D eigenvalue weighted by molar-refractivity contribution is -0.118. The van der Waals surface area contributed by atoms with Crippen molar-refractivity contribution in [3.63, 3.8) is 0 Å². The lowest BCUT2D eigenvalue weighted by Gasteiger charge is -2.39. The van der Waals surface area contributed by atoms with Crippen molar-refractivity contribution >= 4 is 34.5 Å². The van der Waals surface area contributed by atoms with E-state index in [0.717, 1.165) is 6.42 Å². The second-order valence-electron chi connectivity index (χ2n) is 9.55. The second-order valence-corrected chi connectivity index (χ2v) is 9.93. The van der Waals surface area contributed by atoms with Gasteiger partial charge >= 0.3 is 0 Å². The molecule has 2 aromatic heterocycles. The van der Waals surface area contributed by atoms with Crippen molar-refractivity contribution in [2.24, 2.45) is 0 Å². The molecule has 1 unspecified atom stereocenters. The van der Waals surface area contributed by atoms with Crippen molar-refractivity contribution in [1.29, 1.82) is 0 Å². The number of hydrogen-bond acceptors (Lipinski definition) is 9. The topological polar surface area (TPSA) is 120 Å². The average Bonchev–Trinajstić information content (AvgIpc) is 3.43. The van der Waals surface area contributed by atoms with Crippen LogP contribution in [0.4, 0.5) is 5.95 Å². The SMILES string of the molecule is C=CC(=O)NC1CN(CCn2c(=O)c(-c3cc(OC)cc(OC)c3Cl)cc3cnc(NC4CCOC4)nc32)C1. The van der Waals surface area contributed by atoms with Crippen LogP contribution in [0.2, 0.25) is 5.02 Å². The van der Waals surface area contributed by atoms with Gasteiger partial charge in [0, 0.05) is 61.6 Å². The number of halogens is 1. The van der Waals surface area contributed by atoms with Crippen molar-refractivity contribution in [3.8, 4) is 22.6 Å². The molecule has 39 heavy (non-hydrogen) atoms. The summed E-state index contributed by atoms with van der Waals surface area (Å²) in [4.78, 5) is 37.0. The van der Waals surface area contributed by atoms with Gasteiger partial charge in [-0.25, -0.2) is 4.98 Å². The number of nitrogens with one attached hydrogen (secondary N) is 2. The Morgan fingerprint density at radius 1 is 1.21 bits per heavy atom. The molecular weight excluding hydrogens is 524 g/mol. The van der Waals surface area contributed by atoms with Gasteiger partial charge < -0.3 is 24.8 Å². The number of carbonyl (C=O) groups is 1. The Bertz CT molecular complexity index is 1450. The molecule has 2 saturated heterocycles. The normalized spacial score (nSPS) is 17.6. The Morgan fingerprint density at radius 2 is 2.03 bits per heavy atom. The van der Waals surface area contributed by atoms with Crippen LogP contribution in [-0.4, -0.2) is 84.5 Å². The Kier molecular flexibility index (Phi) is 8.01. The molecule has 0 bridgehead atoms. The van der Waals surface area contributed by atoms with E-state index in [4.69, 9.17) is 30.8 Å². The van der Waals surface area contributed by atoms with Gasteiger partial charge in [0.2, 0.25) is 11.9 Å². The molecule has 3 aromatic rings. The number of carbonyl (C=O) groups excluding carboxylic acids is 1. The number of likely N-dealkylation sites (tertiary alicyclic amines) is 1. The van der Waals surface area contributed by atoms with E-state index >= 15 is 0 Å². The Labute approximate surface area is 230 Å². The summed E-state index contributed by atoms with van der Waals surface area (Å²) in [6.07, 6.45) is 3.83. The quantitative estimate of drug-likeness (QED) is 0.364. The van der Waals surface area contributed by atoms with Crippen LogP contribution in [0, 0.1) is 0 Å². The molecule has 2 aliphatic rings. The highest BCUT2D eigenvalue weighted by Gasteiger charge is 2.28. The molecule has 1 atom stereocenters. The fraction of sp³-hybridized carbons (Fsp3) is 0.407. The zero-order valence-electron chi connectivity index (χ0n) is 21.9. The number of aromatic nitrogens is 3. The van der Waals surface area contributed by atoms with Crippen molar-refractivity contribution in [2.75, 3.05) is 52.4 Å². The van der Waals surface area contributed by atoms with Gasteiger partial charge in [0.05, 0.1) is 37.9 Å². The first-order valence-electron chi connectivity index (χ1n) is 12.7. The number of nitrogens with zero attached hydrogens (tertiary/aromatic N) is 4. The minimum atomic E-state index is -0.245. The predicted octanol–water partition coefficient (Wildman–Crippen LogP) is 2.32. The number of rotatable bonds is 10. The monoisotopic (exact) mass is 554 g/mol. The predicted molar refractivity (Wildman–Crippen MR) is 149 cm³/mol. The highest BCUT2D eigenvalue weighted by molar-refractivity contribution is 6.35. The third-order valence-corrected chi connectivity index (χ3v) is 7.37. The first kappa shape index (κ1) is 26.9. The largest absolute Gasteiger partial charge is 0.497 e. The maximum absolute atomic E-state index is 14.0. The Balaban J connectivity index is 1.51. The van der Waals surface area contributed by atoms with Crippen LogP contribution in [0.5, 0.6) is 11.5 Å². The molecular formula is C27H31ClN6O5. The van der Waals surface area contributed by atoms with E-state index < -0.39 is 0 Å². The van der Waals surface area contributed by atoms with Gasteiger partial charge in [-0.15, -0.1) is 0 Å². The summed E-state index contributed by atoms with van der Waals surface area (Å²) >= 11 is 6.67. The summed E-state index contributed by atoms with van der Waals surface area (Å²) < 4.78 is 18.0. The lowest BCUT2D eigenvalue weighted by Crippen LogP contribution is -2.59. The summed E-state index contributed by atoms with van der Waals surface area (Å²) in [6, 6.07) is 5.32. The van der Waals surface area contributed by atoms with Gasteiger partial charge in [-0.3, -0.25) is 19.1 Å². The number of methoxy groups -OCH3 is 2. The van der Waals surface area contributed by atoms with E-state index in [2.05, 4.69) is 27.1 Å². The molecule has 0 spiro atoms. The van der Waals surface area contributed by atoms with Gasteiger partial charge in [-0.1, -0.05) is 18.2 Å². The minimum Gasteiger partial charge on any atom is -0.497 e. The average molecular weight is 555 g/mol. The fourth-order valence-electron chi connectivity index (χ4n) is 4.84. The zero-order valence-corrected chi connectivity index (χ0v) is 22.7. The fourth-order valence-corrected chi connectivity index (χ4v) is 5.13.